The van der Waals surface area contributed by atoms with Crippen LogP contribution in [0, 0.1) is 18.3 Å². The molecule has 90 valence electrons. The van der Waals surface area contributed by atoms with Crippen LogP contribution >= 0.6 is 11.6 Å². The Hall–Kier alpha value is -1.96. The number of aliphatic hydroxyl groups is 1. The average Bonchev–Trinajstić information content (AvgIpc) is 2.38. The number of benzene rings is 1. The van der Waals surface area contributed by atoms with E-state index in [1.165, 1.54) is 12.4 Å². The van der Waals surface area contributed by atoms with Gasteiger partial charge in [0, 0.05) is 18.0 Å². The predicted octanol–water partition coefficient (Wildman–Crippen LogP) is 2.39. The van der Waals surface area contributed by atoms with Crippen molar-refractivity contribution in [3.8, 4) is 6.07 Å². The van der Waals surface area contributed by atoms with Crippen LogP contribution in [0.4, 0.5) is 0 Å². The van der Waals surface area contributed by atoms with E-state index in [-0.39, 0.29) is 5.28 Å². The summed E-state index contributed by atoms with van der Waals surface area (Å²) < 4.78 is 0. The summed E-state index contributed by atoms with van der Waals surface area (Å²) in [4.78, 5) is 7.64. The third-order valence-electron chi connectivity index (χ3n) is 2.50. The van der Waals surface area contributed by atoms with Crippen molar-refractivity contribution in [3.63, 3.8) is 0 Å². The lowest BCUT2D eigenvalue weighted by atomic mass is 10.00. The van der Waals surface area contributed by atoms with Gasteiger partial charge in [0.25, 0.3) is 0 Å². The van der Waals surface area contributed by atoms with Gasteiger partial charge in [-0.1, -0.05) is 6.07 Å². The van der Waals surface area contributed by atoms with Crippen molar-refractivity contribution in [2.75, 3.05) is 0 Å². The number of halogens is 1. The van der Waals surface area contributed by atoms with Gasteiger partial charge in [-0.2, -0.15) is 5.26 Å². The van der Waals surface area contributed by atoms with Crippen molar-refractivity contribution in [1.82, 2.24) is 9.97 Å². The van der Waals surface area contributed by atoms with Crippen LogP contribution in [0.3, 0.4) is 0 Å². The maximum atomic E-state index is 10.2. The van der Waals surface area contributed by atoms with E-state index in [9.17, 15) is 5.11 Å². The highest BCUT2D eigenvalue weighted by atomic mass is 35.5. The van der Waals surface area contributed by atoms with Crippen molar-refractivity contribution in [3.05, 3.63) is 58.1 Å². The number of aliphatic hydroxyl groups excluding tert-OH is 1. The van der Waals surface area contributed by atoms with E-state index in [1.807, 2.05) is 13.0 Å². The summed E-state index contributed by atoms with van der Waals surface area (Å²) in [7, 11) is 0. The Morgan fingerprint density at radius 1 is 1.22 bits per heavy atom. The van der Waals surface area contributed by atoms with Crippen molar-refractivity contribution < 1.29 is 5.11 Å². The summed E-state index contributed by atoms with van der Waals surface area (Å²) in [6.07, 6.45) is 2.07. The van der Waals surface area contributed by atoms with E-state index < -0.39 is 6.10 Å². The normalized spacial score (nSPS) is 11.9. The SMILES string of the molecule is Cc1cc(C#N)cc(C(O)c2cnc(Cl)nc2)c1. The average molecular weight is 260 g/mol. The van der Waals surface area contributed by atoms with Crippen LogP contribution < -0.4 is 0 Å². The molecule has 0 amide bonds. The molecule has 1 aromatic heterocycles. The van der Waals surface area contributed by atoms with Gasteiger partial charge in [-0.25, -0.2) is 9.97 Å². The van der Waals surface area contributed by atoms with E-state index in [0.717, 1.165) is 5.56 Å². The van der Waals surface area contributed by atoms with Crippen molar-refractivity contribution in [1.29, 1.82) is 5.26 Å². The Balaban J connectivity index is 2.39. The first-order chi connectivity index (χ1) is 8.60. The van der Waals surface area contributed by atoms with Crippen LogP contribution in [0.15, 0.2) is 30.6 Å². The number of hydrogen-bond acceptors (Lipinski definition) is 4. The lowest BCUT2D eigenvalue weighted by Crippen LogP contribution is -2.02. The number of aryl methyl sites for hydroxylation is 1. The first-order valence-corrected chi connectivity index (χ1v) is 5.65. The van der Waals surface area contributed by atoms with Gasteiger partial charge in [0.15, 0.2) is 0 Å². The van der Waals surface area contributed by atoms with Gasteiger partial charge < -0.3 is 5.11 Å². The van der Waals surface area contributed by atoms with Gasteiger partial charge in [-0.15, -0.1) is 0 Å². The molecule has 1 heterocycles. The van der Waals surface area contributed by atoms with Crippen LogP contribution in [-0.4, -0.2) is 15.1 Å². The summed E-state index contributed by atoms with van der Waals surface area (Å²) in [6, 6.07) is 7.28. The molecule has 0 saturated heterocycles. The van der Waals surface area contributed by atoms with E-state index >= 15 is 0 Å². The molecule has 2 aromatic rings. The topological polar surface area (TPSA) is 69.8 Å². The molecule has 1 atom stereocenters. The molecule has 1 unspecified atom stereocenters. The molecule has 1 N–H and O–H groups in total. The summed E-state index contributed by atoms with van der Waals surface area (Å²) in [5.74, 6) is 0. The molecule has 2 rings (SSSR count). The second kappa shape index (κ2) is 5.13. The standard InChI is InChI=1S/C13H10ClN3O/c1-8-2-9(5-15)4-10(3-8)12(18)11-6-16-13(14)17-7-11/h2-4,6-7,12,18H,1H3. The molecule has 0 aliphatic rings. The Labute approximate surface area is 110 Å². The van der Waals surface area contributed by atoms with E-state index in [4.69, 9.17) is 16.9 Å². The molecule has 1 aromatic carbocycles. The molecule has 0 radical (unpaired) electrons. The monoisotopic (exact) mass is 259 g/mol. The van der Waals surface area contributed by atoms with Gasteiger partial charge >= 0.3 is 0 Å². The smallest absolute Gasteiger partial charge is 0.222 e. The van der Waals surface area contributed by atoms with Crippen molar-refractivity contribution in [2.45, 2.75) is 13.0 Å². The summed E-state index contributed by atoms with van der Waals surface area (Å²) in [6.45, 7) is 1.87. The number of nitriles is 1. The molecule has 0 fully saturated rings. The van der Waals surface area contributed by atoms with Gasteiger partial charge in [-0.05, 0) is 41.8 Å². The Kier molecular flexibility index (Phi) is 3.56. The van der Waals surface area contributed by atoms with Crippen LogP contribution in [-0.2, 0) is 0 Å². The minimum absolute atomic E-state index is 0.132. The van der Waals surface area contributed by atoms with Crippen molar-refractivity contribution in [2.24, 2.45) is 0 Å². The minimum atomic E-state index is -0.866. The largest absolute Gasteiger partial charge is 0.384 e. The second-order valence-electron chi connectivity index (χ2n) is 3.93. The third-order valence-corrected chi connectivity index (χ3v) is 2.70. The Morgan fingerprint density at radius 2 is 1.89 bits per heavy atom. The van der Waals surface area contributed by atoms with E-state index in [0.29, 0.717) is 16.7 Å². The molecule has 0 saturated carbocycles. The highest BCUT2D eigenvalue weighted by Gasteiger charge is 2.12. The predicted molar refractivity (Wildman–Crippen MR) is 67.0 cm³/mol. The molecule has 0 bridgehead atoms. The fourth-order valence-electron chi connectivity index (χ4n) is 1.69. The summed E-state index contributed by atoms with van der Waals surface area (Å²) in [5.41, 5.74) is 2.60. The van der Waals surface area contributed by atoms with Gasteiger partial charge in [-0.3, -0.25) is 0 Å². The minimum Gasteiger partial charge on any atom is -0.384 e. The number of hydrogen-bond donors (Lipinski definition) is 1. The lowest BCUT2D eigenvalue weighted by molar-refractivity contribution is 0.219. The van der Waals surface area contributed by atoms with Crippen molar-refractivity contribution >= 4 is 11.6 Å². The molecule has 4 nitrogen and oxygen atoms in total. The first kappa shape index (κ1) is 12.5. The molecule has 0 aliphatic heterocycles. The Bertz CT molecular complexity index is 605. The fourth-order valence-corrected chi connectivity index (χ4v) is 1.79. The first-order valence-electron chi connectivity index (χ1n) is 5.27. The highest BCUT2D eigenvalue weighted by Crippen LogP contribution is 2.23. The fraction of sp³-hybridized carbons (Fsp3) is 0.154. The number of aromatic nitrogens is 2. The van der Waals surface area contributed by atoms with E-state index in [2.05, 4.69) is 16.0 Å². The zero-order chi connectivity index (χ0) is 13.1. The van der Waals surface area contributed by atoms with Crippen LogP contribution in [0.2, 0.25) is 5.28 Å². The zero-order valence-electron chi connectivity index (χ0n) is 9.63. The zero-order valence-corrected chi connectivity index (χ0v) is 10.4. The van der Waals surface area contributed by atoms with Gasteiger partial charge in [0.05, 0.1) is 11.6 Å². The Morgan fingerprint density at radius 3 is 2.50 bits per heavy atom. The maximum Gasteiger partial charge on any atom is 0.222 e. The van der Waals surface area contributed by atoms with Crippen LogP contribution in [0.25, 0.3) is 0 Å². The molecule has 5 heteroatoms. The summed E-state index contributed by atoms with van der Waals surface area (Å²) in [5, 5.41) is 19.2. The van der Waals surface area contributed by atoms with E-state index in [1.54, 1.807) is 12.1 Å². The summed E-state index contributed by atoms with van der Waals surface area (Å²) >= 11 is 5.59. The molecule has 0 aliphatic carbocycles. The van der Waals surface area contributed by atoms with Crippen LogP contribution in [0.5, 0.6) is 0 Å². The number of nitrogens with zero attached hydrogens (tertiary/aromatic N) is 3. The molecule has 18 heavy (non-hydrogen) atoms. The van der Waals surface area contributed by atoms with Gasteiger partial charge in [0.2, 0.25) is 5.28 Å². The quantitative estimate of drug-likeness (QED) is 0.841. The maximum absolute atomic E-state index is 10.2. The molecular formula is C13H10ClN3O. The number of rotatable bonds is 2. The molecular weight excluding hydrogens is 250 g/mol. The van der Waals surface area contributed by atoms with Gasteiger partial charge in [0.1, 0.15) is 6.10 Å². The lowest BCUT2D eigenvalue weighted by Gasteiger charge is -2.11. The second-order valence-corrected chi connectivity index (χ2v) is 4.27. The molecule has 0 spiro atoms. The highest BCUT2D eigenvalue weighted by molar-refractivity contribution is 6.28. The van der Waals surface area contributed by atoms with Crippen LogP contribution in [0.1, 0.15) is 28.4 Å². The third kappa shape index (κ3) is 2.65.